The summed E-state index contributed by atoms with van der Waals surface area (Å²) in [6, 6.07) is 15.8. The number of hydrogen-bond donors (Lipinski definition) is 2. The zero-order valence-electron chi connectivity index (χ0n) is 15.7. The molecule has 0 radical (unpaired) electrons. The largest absolute Gasteiger partial charge is 0.416 e. The van der Waals surface area contributed by atoms with Crippen molar-refractivity contribution in [1.82, 2.24) is 15.0 Å². The molecule has 0 saturated heterocycles. The summed E-state index contributed by atoms with van der Waals surface area (Å²) in [6.45, 7) is 0. The van der Waals surface area contributed by atoms with Crippen LogP contribution in [0.4, 0.5) is 24.7 Å². The van der Waals surface area contributed by atoms with Crippen molar-refractivity contribution in [1.29, 1.82) is 0 Å². The summed E-state index contributed by atoms with van der Waals surface area (Å²) in [5, 5.41) is 4.57. The fraction of sp³-hybridized carbons (Fsp3) is 0.0455. The van der Waals surface area contributed by atoms with Crippen molar-refractivity contribution < 1.29 is 18.0 Å². The van der Waals surface area contributed by atoms with E-state index >= 15 is 0 Å². The van der Waals surface area contributed by atoms with E-state index in [2.05, 4.69) is 20.3 Å². The minimum Gasteiger partial charge on any atom is -0.352 e. The molecule has 5 nitrogen and oxygen atoms in total. The fourth-order valence-electron chi connectivity index (χ4n) is 3.27. The Morgan fingerprint density at radius 1 is 1.00 bits per heavy atom. The lowest BCUT2D eigenvalue weighted by Crippen LogP contribution is -2.04. The number of aromatic amines is 1. The van der Waals surface area contributed by atoms with E-state index in [1.54, 1.807) is 12.1 Å². The molecule has 31 heavy (non-hydrogen) atoms. The number of aromatic nitrogens is 3. The lowest BCUT2D eigenvalue weighted by Gasteiger charge is -2.09. The molecular formula is C22H13F3N4OS. The number of ketones is 1. The summed E-state index contributed by atoms with van der Waals surface area (Å²) in [5.74, 6) is 0.247. The smallest absolute Gasteiger partial charge is 0.352 e. The van der Waals surface area contributed by atoms with E-state index in [-0.39, 0.29) is 5.78 Å². The number of H-pyrrole nitrogens is 1. The van der Waals surface area contributed by atoms with Gasteiger partial charge < -0.3 is 10.3 Å². The molecule has 5 rings (SSSR count). The highest BCUT2D eigenvalue weighted by atomic mass is 32.1. The van der Waals surface area contributed by atoms with Gasteiger partial charge >= 0.3 is 6.18 Å². The van der Waals surface area contributed by atoms with Gasteiger partial charge in [0.2, 0.25) is 5.78 Å². The number of fused-ring (bicyclic) bond motifs is 2. The lowest BCUT2D eigenvalue weighted by atomic mass is 10.2. The van der Waals surface area contributed by atoms with Crippen molar-refractivity contribution >= 4 is 49.7 Å². The predicted octanol–water partition coefficient (Wildman–Crippen LogP) is 6.17. The first kappa shape index (κ1) is 19.3. The second kappa shape index (κ2) is 7.21. The highest BCUT2D eigenvalue weighted by molar-refractivity contribution is 7.20. The second-order valence-electron chi connectivity index (χ2n) is 6.85. The van der Waals surface area contributed by atoms with Crippen molar-refractivity contribution in [2.75, 3.05) is 5.32 Å². The van der Waals surface area contributed by atoms with E-state index in [9.17, 15) is 18.0 Å². The number of rotatable bonds is 4. The summed E-state index contributed by atoms with van der Waals surface area (Å²) in [6.07, 6.45) is -3.05. The van der Waals surface area contributed by atoms with E-state index in [1.165, 1.54) is 29.8 Å². The Balaban J connectivity index is 1.46. The summed E-state index contributed by atoms with van der Waals surface area (Å²) in [7, 11) is 0. The quantitative estimate of drug-likeness (QED) is 0.330. The molecule has 9 heteroatoms. The number of para-hydroxylation sites is 1. The third-order valence-electron chi connectivity index (χ3n) is 4.80. The SMILES string of the molecule is O=C(c1cc2ccccc2[nH]1)c1cc2c(Nc3ccc(C(F)(F)F)cc3)ncnc2s1. The van der Waals surface area contributed by atoms with Gasteiger partial charge in [0.25, 0.3) is 0 Å². The van der Waals surface area contributed by atoms with E-state index in [0.717, 1.165) is 23.0 Å². The molecule has 2 N–H and O–H groups in total. The van der Waals surface area contributed by atoms with Gasteiger partial charge in [-0.3, -0.25) is 4.79 Å². The molecule has 0 bridgehead atoms. The maximum Gasteiger partial charge on any atom is 0.416 e. The number of hydrogen-bond acceptors (Lipinski definition) is 5. The number of thiophene rings is 1. The number of nitrogens with one attached hydrogen (secondary N) is 2. The van der Waals surface area contributed by atoms with Gasteiger partial charge in [0.15, 0.2) is 0 Å². The molecule has 0 spiro atoms. The van der Waals surface area contributed by atoms with Gasteiger partial charge in [-0.05, 0) is 42.5 Å². The molecule has 3 heterocycles. The highest BCUT2D eigenvalue weighted by Gasteiger charge is 2.30. The standard InChI is InChI=1S/C22H13F3N4OS/c23-22(24,25)13-5-7-14(8-6-13)28-20-15-10-18(31-21(15)27-11-26-20)19(30)17-9-12-3-1-2-4-16(12)29-17/h1-11,29H,(H,26,27,28). The molecule has 2 aromatic carbocycles. The van der Waals surface area contributed by atoms with Gasteiger partial charge in [-0.2, -0.15) is 13.2 Å². The molecule has 3 aromatic heterocycles. The number of nitrogens with zero attached hydrogens (tertiary/aromatic N) is 2. The molecule has 0 atom stereocenters. The molecule has 0 aliphatic carbocycles. The number of carbonyl (C=O) groups excluding carboxylic acids is 1. The number of carbonyl (C=O) groups is 1. The molecule has 0 aliphatic heterocycles. The number of benzene rings is 2. The van der Waals surface area contributed by atoms with Crippen LogP contribution in [0.1, 0.15) is 20.9 Å². The number of anilines is 2. The average Bonchev–Trinajstić information content (AvgIpc) is 3.38. The third kappa shape index (κ3) is 3.64. The minimum absolute atomic E-state index is 0.167. The molecule has 0 fully saturated rings. The molecule has 5 aromatic rings. The Hall–Kier alpha value is -3.72. The van der Waals surface area contributed by atoms with E-state index in [1.807, 2.05) is 24.3 Å². The normalized spacial score (nSPS) is 11.8. The van der Waals surface area contributed by atoms with Crippen molar-refractivity contribution in [2.45, 2.75) is 6.18 Å². The van der Waals surface area contributed by atoms with Crippen molar-refractivity contribution in [3.8, 4) is 0 Å². The van der Waals surface area contributed by atoms with Gasteiger partial charge in [-0.15, -0.1) is 11.3 Å². The van der Waals surface area contributed by atoms with E-state index in [4.69, 9.17) is 0 Å². The van der Waals surface area contributed by atoms with Gasteiger partial charge in [0, 0.05) is 16.6 Å². The maximum atomic E-state index is 13.0. The minimum atomic E-state index is -4.40. The Morgan fingerprint density at radius 3 is 2.52 bits per heavy atom. The first-order chi connectivity index (χ1) is 14.9. The number of alkyl halides is 3. The Bertz CT molecular complexity index is 1390. The van der Waals surface area contributed by atoms with Gasteiger partial charge in [0.05, 0.1) is 21.5 Å². The van der Waals surface area contributed by atoms with Crippen LogP contribution in [0.15, 0.2) is 67.0 Å². The summed E-state index contributed by atoms with van der Waals surface area (Å²) < 4.78 is 38.3. The lowest BCUT2D eigenvalue weighted by molar-refractivity contribution is -0.137. The predicted molar refractivity (Wildman–Crippen MR) is 114 cm³/mol. The van der Waals surface area contributed by atoms with Crippen LogP contribution in [-0.2, 0) is 6.18 Å². The van der Waals surface area contributed by atoms with Gasteiger partial charge in [-0.25, -0.2) is 9.97 Å². The van der Waals surface area contributed by atoms with E-state index in [0.29, 0.717) is 32.3 Å². The van der Waals surface area contributed by atoms with Crippen LogP contribution >= 0.6 is 11.3 Å². The van der Waals surface area contributed by atoms with Crippen LogP contribution in [0, 0.1) is 0 Å². The Morgan fingerprint density at radius 2 is 1.77 bits per heavy atom. The number of halogens is 3. The van der Waals surface area contributed by atoms with Gasteiger partial charge in [-0.1, -0.05) is 18.2 Å². The molecule has 0 amide bonds. The van der Waals surface area contributed by atoms with Gasteiger partial charge in [0.1, 0.15) is 17.0 Å². The van der Waals surface area contributed by atoms with E-state index < -0.39 is 11.7 Å². The van der Waals surface area contributed by atoms with Crippen LogP contribution in [0.5, 0.6) is 0 Å². The van der Waals surface area contributed by atoms with Crippen LogP contribution in [0.2, 0.25) is 0 Å². The molecule has 154 valence electrons. The Labute approximate surface area is 177 Å². The van der Waals surface area contributed by atoms with Crippen LogP contribution in [-0.4, -0.2) is 20.7 Å². The summed E-state index contributed by atoms with van der Waals surface area (Å²) in [5.41, 5.74) is 1.06. The molecular weight excluding hydrogens is 425 g/mol. The molecule has 0 unspecified atom stereocenters. The molecule has 0 saturated carbocycles. The maximum absolute atomic E-state index is 13.0. The monoisotopic (exact) mass is 438 g/mol. The highest BCUT2D eigenvalue weighted by Crippen LogP contribution is 2.33. The summed E-state index contributed by atoms with van der Waals surface area (Å²) in [4.78, 5) is 25.6. The first-order valence-electron chi connectivity index (χ1n) is 9.20. The first-order valence-corrected chi connectivity index (χ1v) is 10.0. The van der Waals surface area contributed by atoms with Crippen molar-refractivity contribution in [3.05, 3.63) is 83.1 Å². The fourth-order valence-corrected chi connectivity index (χ4v) is 4.23. The molecule has 0 aliphatic rings. The Kier molecular flexibility index (Phi) is 4.48. The third-order valence-corrected chi connectivity index (χ3v) is 5.84. The zero-order chi connectivity index (χ0) is 21.6. The van der Waals surface area contributed by atoms with Crippen LogP contribution in [0.25, 0.3) is 21.1 Å². The zero-order valence-corrected chi connectivity index (χ0v) is 16.5. The van der Waals surface area contributed by atoms with Crippen molar-refractivity contribution in [3.63, 3.8) is 0 Å². The average molecular weight is 438 g/mol. The van der Waals surface area contributed by atoms with Crippen LogP contribution < -0.4 is 5.32 Å². The summed E-state index contributed by atoms with van der Waals surface area (Å²) >= 11 is 1.23. The van der Waals surface area contributed by atoms with Crippen molar-refractivity contribution in [2.24, 2.45) is 0 Å². The topological polar surface area (TPSA) is 70.7 Å². The van der Waals surface area contributed by atoms with Crippen LogP contribution in [0.3, 0.4) is 0 Å². The second-order valence-corrected chi connectivity index (χ2v) is 7.88.